The van der Waals surface area contributed by atoms with Crippen molar-refractivity contribution in [2.24, 2.45) is 0 Å². The molecule has 1 aromatic rings. The van der Waals surface area contributed by atoms with Crippen LogP contribution in [-0.2, 0) is 17.8 Å². The van der Waals surface area contributed by atoms with Crippen LogP contribution < -0.4 is 0 Å². The van der Waals surface area contributed by atoms with E-state index in [2.05, 4.69) is 0 Å². The third-order valence-electron chi connectivity index (χ3n) is 2.93. The number of carboxylic acid groups (broad SMARTS) is 1. The Morgan fingerprint density at radius 3 is 2.94 bits per heavy atom. The second-order valence-electron chi connectivity index (χ2n) is 4.22. The summed E-state index contributed by atoms with van der Waals surface area (Å²) in [5.74, 6) is -0.993. The van der Waals surface area contributed by atoms with E-state index >= 15 is 0 Å². The molecule has 1 aliphatic heterocycles. The van der Waals surface area contributed by atoms with Gasteiger partial charge in [-0.05, 0) is 36.1 Å². The van der Waals surface area contributed by atoms with Crippen molar-refractivity contribution in [3.63, 3.8) is 0 Å². The predicted octanol–water partition coefficient (Wildman–Crippen LogP) is 1.58. The quantitative estimate of drug-likeness (QED) is 0.827. The van der Waals surface area contributed by atoms with Crippen LogP contribution in [0.15, 0.2) is 12.1 Å². The van der Waals surface area contributed by atoms with E-state index in [1.165, 1.54) is 0 Å². The molecule has 1 N–H and O–H groups in total. The highest BCUT2D eigenvalue weighted by Gasteiger charge is 2.19. The summed E-state index contributed by atoms with van der Waals surface area (Å²) in [7, 11) is 0. The number of carbonyl (C=O) groups is 1. The monoisotopic (exact) mass is 223 g/mol. The van der Waals surface area contributed by atoms with Crippen molar-refractivity contribution < 1.29 is 14.3 Å². The van der Waals surface area contributed by atoms with Crippen LogP contribution in [0.3, 0.4) is 0 Å². The third-order valence-corrected chi connectivity index (χ3v) is 2.93. The van der Waals surface area contributed by atoms with Gasteiger partial charge in [0.2, 0.25) is 0 Å². The molecular formula is C12H14FNO2. The molecular weight excluding hydrogens is 209 g/mol. The van der Waals surface area contributed by atoms with Gasteiger partial charge in [-0.3, -0.25) is 9.69 Å². The van der Waals surface area contributed by atoms with Crippen LogP contribution in [0.1, 0.15) is 16.7 Å². The maximum atomic E-state index is 13.3. The van der Waals surface area contributed by atoms with Gasteiger partial charge in [-0.1, -0.05) is 6.07 Å². The summed E-state index contributed by atoms with van der Waals surface area (Å²) in [6.07, 6.45) is 0.722. The SMILES string of the molecule is Cc1cc2c(cc1F)CCN(CC(=O)O)C2. The summed E-state index contributed by atoms with van der Waals surface area (Å²) in [5, 5.41) is 8.71. The molecule has 3 nitrogen and oxygen atoms in total. The molecule has 0 spiro atoms. The molecule has 1 heterocycles. The van der Waals surface area contributed by atoms with Crippen molar-refractivity contribution in [3.8, 4) is 0 Å². The molecule has 16 heavy (non-hydrogen) atoms. The summed E-state index contributed by atoms with van der Waals surface area (Å²) in [6.45, 7) is 3.06. The summed E-state index contributed by atoms with van der Waals surface area (Å²) in [5.41, 5.74) is 2.67. The highest BCUT2D eigenvalue weighted by Crippen LogP contribution is 2.22. The van der Waals surface area contributed by atoms with Crippen LogP contribution in [0.25, 0.3) is 0 Å². The Hall–Kier alpha value is -1.42. The van der Waals surface area contributed by atoms with Crippen LogP contribution in [-0.4, -0.2) is 29.1 Å². The number of hydrogen-bond donors (Lipinski definition) is 1. The minimum Gasteiger partial charge on any atom is -0.480 e. The molecule has 86 valence electrons. The molecule has 0 bridgehead atoms. The number of rotatable bonds is 2. The number of carboxylic acids is 1. The van der Waals surface area contributed by atoms with Crippen LogP contribution in [0.2, 0.25) is 0 Å². The number of benzene rings is 1. The summed E-state index contributed by atoms with van der Waals surface area (Å²) in [6, 6.07) is 3.39. The Labute approximate surface area is 93.5 Å². The van der Waals surface area contributed by atoms with Crippen LogP contribution in [0.5, 0.6) is 0 Å². The number of aryl methyl sites for hydroxylation is 1. The van der Waals surface area contributed by atoms with E-state index in [9.17, 15) is 9.18 Å². The number of hydrogen-bond acceptors (Lipinski definition) is 2. The lowest BCUT2D eigenvalue weighted by atomic mass is 9.97. The molecule has 0 fully saturated rings. The topological polar surface area (TPSA) is 40.5 Å². The average Bonchev–Trinajstić information content (AvgIpc) is 2.19. The summed E-state index contributed by atoms with van der Waals surface area (Å²) >= 11 is 0. The van der Waals surface area contributed by atoms with Crippen molar-refractivity contribution in [1.82, 2.24) is 4.90 Å². The van der Waals surface area contributed by atoms with E-state index in [0.29, 0.717) is 18.7 Å². The van der Waals surface area contributed by atoms with E-state index in [4.69, 9.17) is 5.11 Å². The molecule has 0 unspecified atom stereocenters. The van der Waals surface area contributed by atoms with Gasteiger partial charge in [0.1, 0.15) is 5.82 Å². The first-order chi connectivity index (χ1) is 7.56. The Bertz CT molecular complexity index is 431. The molecule has 0 saturated carbocycles. The van der Waals surface area contributed by atoms with Gasteiger partial charge in [-0.2, -0.15) is 0 Å². The molecule has 2 rings (SSSR count). The number of nitrogens with zero attached hydrogens (tertiary/aromatic N) is 1. The highest BCUT2D eigenvalue weighted by atomic mass is 19.1. The van der Waals surface area contributed by atoms with Gasteiger partial charge in [0.05, 0.1) is 6.54 Å². The third kappa shape index (κ3) is 2.22. The van der Waals surface area contributed by atoms with E-state index < -0.39 is 5.97 Å². The zero-order valence-corrected chi connectivity index (χ0v) is 9.16. The smallest absolute Gasteiger partial charge is 0.317 e. The normalized spacial score (nSPS) is 15.9. The number of aliphatic carboxylic acids is 1. The molecule has 0 radical (unpaired) electrons. The highest BCUT2D eigenvalue weighted by molar-refractivity contribution is 5.69. The minimum absolute atomic E-state index is 0.0515. The lowest BCUT2D eigenvalue weighted by molar-refractivity contribution is -0.138. The first kappa shape index (κ1) is 11.1. The van der Waals surface area contributed by atoms with Crippen LogP contribution in [0, 0.1) is 12.7 Å². The molecule has 0 atom stereocenters. The summed E-state index contributed by atoms with van der Waals surface area (Å²) in [4.78, 5) is 12.5. The average molecular weight is 223 g/mol. The molecule has 4 heteroatoms. The predicted molar refractivity (Wildman–Crippen MR) is 57.8 cm³/mol. The Morgan fingerprint density at radius 1 is 1.50 bits per heavy atom. The number of fused-ring (bicyclic) bond motifs is 1. The fourth-order valence-corrected chi connectivity index (χ4v) is 2.09. The number of halogens is 1. The van der Waals surface area contributed by atoms with Gasteiger partial charge >= 0.3 is 5.97 Å². The second-order valence-corrected chi connectivity index (χ2v) is 4.22. The van der Waals surface area contributed by atoms with Gasteiger partial charge < -0.3 is 5.11 Å². The molecule has 0 amide bonds. The zero-order valence-electron chi connectivity index (χ0n) is 9.16. The standard InChI is InChI=1S/C12H14FNO2/c1-8-4-10-6-14(7-12(15)16)3-2-9(10)5-11(8)13/h4-5H,2-3,6-7H2,1H3,(H,15,16). The first-order valence-corrected chi connectivity index (χ1v) is 5.28. The van der Waals surface area contributed by atoms with Crippen LogP contribution in [0.4, 0.5) is 4.39 Å². The molecule has 0 aromatic heterocycles. The van der Waals surface area contributed by atoms with Crippen molar-refractivity contribution in [3.05, 3.63) is 34.6 Å². The lowest BCUT2D eigenvalue weighted by Gasteiger charge is -2.27. The maximum Gasteiger partial charge on any atom is 0.317 e. The van der Waals surface area contributed by atoms with Crippen molar-refractivity contribution in [2.75, 3.05) is 13.1 Å². The Morgan fingerprint density at radius 2 is 2.25 bits per heavy atom. The fraction of sp³-hybridized carbons (Fsp3) is 0.417. The fourth-order valence-electron chi connectivity index (χ4n) is 2.09. The van der Waals surface area contributed by atoms with Gasteiger partial charge in [0, 0.05) is 13.1 Å². The molecule has 0 aliphatic carbocycles. The molecule has 1 aromatic carbocycles. The van der Waals surface area contributed by atoms with E-state index in [0.717, 1.165) is 17.5 Å². The van der Waals surface area contributed by atoms with E-state index in [-0.39, 0.29) is 12.4 Å². The Kier molecular flexibility index (Phi) is 2.92. The van der Waals surface area contributed by atoms with Crippen LogP contribution >= 0.6 is 0 Å². The largest absolute Gasteiger partial charge is 0.480 e. The van der Waals surface area contributed by atoms with Gasteiger partial charge in [0.15, 0.2) is 0 Å². The van der Waals surface area contributed by atoms with Gasteiger partial charge in [0.25, 0.3) is 0 Å². The first-order valence-electron chi connectivity index (χ1n) is 5.28. The summed E-state index contributed by atoms with van der Waals surface area (Å²) < 4.78 is 13.3. The Balaban J connectivity index is 2.20. The van der Waals surface area contributed by atoms with Gasteiger partial charge in [-0.15, -0.1) is 0 Å². The molecule has 1 aliphatic rings. The minimum atomic E-state index is -0.817. The van der Waals surface area contributed by atoms with E-state index in [1.807, 2.05) is 11.0 Å². The van der Waals surface area contributed by atoms with Crippen molar-refractivity contribution in [1.29, 1.82) is 0 Å². The van der Waals surface area contributed by atoms with E-state index in [1.54, 1.807) is 13.0 Å². The van der Waals surface area contributed by atoms with Gasteiger partial charge in [-0.25, -0.2) is 4.39 Å². The molecule has 0 saturated heterocycles. The zero-order chi connectivity index (χ0) is 11.7. The lowest BCUT2D eigenvalue weighted by Crippen LogP contribution is -2.34. The second kappa shape index (κ2) is 4.22. The van der Waals surface area contributed by atoms with Crippen molar-refractivity contribution >= 4 is 5.97 Å². The maximum absolute atomic E-state index is 13.3. The van der Waals surface area contributed by atoms with Crippen molar-refractivity contribution in [2.45, 2.75) is 19.9 Å².